The molecule has 0 saturated carbocycles. The minimum atomic E-state index is 0.265. The molecule has 17 heavy (non-hydrogen) atoms. The van der Waals surface area contributed by atoms with Crippen molar-refractivity contribution in [1.82, 2.24) is 14.8 Å². The average Bonchev–Trinajstić information content (AvgIpc) is 2.72. The summed E-state index contributed by atoms with van der Waals surface area (Å²) in [6.45, 7) is 3.17. The number of phenolic OH excluding ortho intramolecular Hbond substituents is 1. The molecule has 1 aliphatic heterocycles. The second kappa shape index (κ2) is 3.87. The van der Waals surface area contributed by atoms with Gasteiger partial charge in [0.25, 0.3) is 0 Å². The van der Waals surface area contributed by atoms with E-state index in [1.807, 2.05) is 18.2 Å². The Labute approximate surface area is 99.9 Å². The van der Waals surface area contributed by atoms with Crippen molar-refractivity contribution in [3.05, 3.63) is 30.1 Å². The summed E-state index contributed by atoms with van der Waals surface area (Å²) in [6, 6.07) is 7.28. The number of aromatic hydroxyl groups is 1. The Hall–Kier alpha value is -1.84. The number of rotatable bonds is 1. The maximum Gasteiger partial charge on any atom is 0.167 e. The first-order chi connectivity index (χ1) is 8.25. The molecule has 0 aliphatic carbocycles. The molecule has 3 rings (SSSR count). The van der Waals surface area contributed by atoms with E-state index in [9.17, 15) is 5.11 Å². The number of fused-ring (bicyclic) bond motifs is 1. The van der Waals surface area contributed by atoms with Crippen molar-refractivity contribution in [3.63, 3.8) is 0 Å². The number of para-hydroxylation sites is 1. The predicted octanol–water partition coefficient (Wildman–Crippen LogP) is 2.23. The van der Waals surface area contributed by atoms with Crippen LogP contribution in [0.25, 0.3) is 11.4 Å². The standard InChI is InChI=1S/C13H15N3O/c1-9-6-7-16-12(8-9)14-15-13(16)10-4-2-3-5-11(10)17/h2-5,9,17H,6-8H2,1H3. The van der Waals surface area contributed by atoms with Crippen molar-refractivity contribution < 1.29 is 5.11 Å². The molecule has 4 nitrogen and oxygen atoms in total. The molecule has 2 heterocycles. The smallest absolute Gasteiger partial charge is 0.167 e. The number of phenols is 1. The van der Waals surface area contributed by atoms with E-state index >= 15 is 0 Å². The molecule has 1 aromatic carbocycles. The molecular formula is C13H15N3O. The molecule has 0 spiro atoms. The number of hydrogen-bond donors (Lipinski definition) is 1. The molecule has 0 fully saturated rings. The molecule has 1 aromatic heterocycles. The highest BCUT2D eigenvalue weighted by Crippen LogP contribution is 2.30. The van der Waals surface area contributed by atoms with E-state index in [1.165, 1.54) is 0 Å². The van der Waals surface area contributed by atoms with Gasteiger partial charge in [0.15, 0.2) is 5.82 Å². The Balaban J connectivity index is 2.09. The second-order valence-corrected chi connectivity index (χ2v) is 4.71. The van der Waals surface area contributed by atoms with E-state index in [4.69, 9.17) is 0 Å². The Morgan fingerprint density at radius 1 is 1.29 bits per heavy atom. The number of nitrogens with zero attached hydrogens (tertiary/aromatic N) is 3. The van der Waals surface area contributed by atoms with Crippen LogP contribution in [-0.4, -0.2) is 19.9 Å². The summed E-state index contributed by atoms with van der Waals surface area (Å²) in [4.78, 5) is 0. The van der Waals surface area contributed by atoms with E-state index < -0.39 is 0 Å². The zero-order valence-electron chi connectivity index (χ0n) is 9.80. The Bertz CT molecular complexity index is 547. The van der Waals surface area contributed by atoms with Crippen molar-refractivity contribution in [2.75, 3.05) is 0 Å². The van der Waals surface area contributed by atoms with Crippen molar-refractivity contribution >= 4 is 0 Å². The lowest BCUT2D eigenvalue weighted by molar-refractivity contribution is 0.410. The van der Waals surface area contributed by atoms with Crippen molar-refractivity contribution in [2.45, 2.75) is 26.3 Å². The van der Waals surface area contributed by atoms with E-state index in [0.717, 1.165) is 36.6 Å². The van der Waals surface area contributed by atoms with Crippen LogP contribution in [0.4, 0.5) is 0 Å². The van der Waals surface area contributed by atoms with Crippen LogP contribution in [0.2, 0.25) is 0 Å². The van der Waals surface area contributed by atoms with Gasteiger partial charge in [-0.2, -0.15) is 0 Å². The van der Waals surface area contributed by atoms with Gasteiger partial charge >= 0.3 is 0 Å². The molecule has 0 bridgehead atoms. The monoisotopic (exact) mass is 229 g/mol. The van der Waals surface area contributed by atoms with Gasteiger partial charge in [-0.3, -0.25) is 0 Å². The fourth-order valence-electron chi connectivity index (χ4n) is 2.35. The third-order valence-corrected chi connectivity index (χ3v) is 3.35. The molecule has 0 saturated heterocycles. The van der Waals surface area contributed by atoms with Crippen molar-refractivity contribution in [3.8, 4) is 17.1 Å². The molecule has 0 radical (unpaired) electrons. The molecule has 4 heteroatoms. The summed E-state index contributed by atoms with van der Waals surface area (Å²) in [5.41, 5.74) is 0.765. The van der Waals surface area contributed by atoms with Crippen molar-refractivity contribution in [1.29, 1.82) is 0 Å². The van der Waals surface area contributed by atoms with Gasteiger partial charge in [0, 0.05) is 13.0 Å². The highest BCUT2D eigenvalue weighted by Gasteiger charge is 2.21. The van der Waals surface area contributed by atoms with Crippen LogP contribution in [0.1, 0.15) is 19.2 Å². The first-order valence-electron chi connectivity index (χ1n) is 5.96. The zero-order chi connectivity index (χ0) is 11.8. The first kappa shape index (κ1) is 10.3. The predicted molar refractivity (Wildman–Crippen MR) is 64.6 cm³/mol. The van der Waals surface area contributed by atoms with Gasteiger partial charge in [-0.05, 0) is 24.5 Å². The lowest BCUT2D eigenvalue weighted by Crippen LogP contribution is -2.17. The van der Waals surface area contributed by atoms with E-state index in [0.29, 0.717) is 5.92 Å². The second-order valence-electron chi connectivity index (χ2n) is 4.71. The van der Waals surface area contributed by atoms with Crippen LogP contribution >= 0.6 is 0 Å². The molecule has 1 atom stereocenters. The lowest BCUT2D eigenvalue weighted by atomic mass is 10.00. The Kier molecular flexibility index (Phi) is 2.35. The summed E-state index contributed by atoms with van der Waals surface area (Å²) in [5.74, 6) is 2.75. The summed E-state index contributed by atoms with van der Waals surface area (Å²) in [7, 11) is 0. The molecule has 2 aromatic rings. The topological polar surface area (TPSA) is 50.9 Å². The Morgan fingerprint density at radius 3 is 2.94 bits per heavy atom. The summed E-state index contributed by atoms with van der Waals surface area (Å²) >= 11 is 0. The van der Waals surface area contributed by atoms with Gasteiger partial charge in [0.1, 0.15) is 11.6 Å². The minimum absolute atomic E-state index is 0.265. The first-order valence-corrected chi connectivity index (χ1v) is 5.96. The zero-order valence-corrected chi connectivity index (χ0v) is 9.80. The molecule has 1 unspecified atom stereocenters. The molecule has 0 amide bonds. The van der Waals surface area contributed by atoms with Crippen LogP contribution < -0.4 is 0 Å². The van der Waals surface area contributed by atoms with Gasteiger partial charge in [-0.1, -0.05) is 19.1 Å². The lowest BCUT2D eigenvalue weighted by Gasteiger charge is -2.20. The van der Waals surface area contributed by atoms with Crippen LogP contribution in [0.5, 0.6) is 5.75 Å². The van der Waals surface area contributed by atoms with E-state index in [-0.39, 0.29) is 5.75 Å². The highest BCUT2D eigenvalue weighted by atomic mass is 16.3. The number of hydrogen-bond acceptors (Lipinski definition) is 3. The Morgan fingerprint density at radius 2 is 2.12 bits per heavy atom. The fraction of sp³-hybridized carbons (Fsp3) is 0.385. The fourth-order valence-corrected chi connectivity index (χ4v) is 2.35. The average molecular weight is 229 g/mol. The summed E-state index contributed by atoms with van der Waals surface area (Å²) in [5, 5.41) is 18.3. The van der Waals surface area contributed by atoms with Gasteiger partial charge in [0.2, 0.25) is 0 Å². The van der Waals surface area contributed by atoms with Gasteiger partial charge < -0.3 is 9.67 Å². The van der Waals surface area contributed by atoms with Crippen LogP contribution in [0.15, 0.2) is 24.3 Å². The normalized spacial score (nSPS) is 19.0. The van der Waals surface area contributed by atoms with Crippen LogP contribution in [0.3, 0.4) is 0 Å². The van der Waals surface area contributed by atoms with Gasteiger partial charge in [-0.25, -0.2) is 0 Å². The van der Waals surface area contributed by atoms with Gasteiger partial charge in [0.05, 0.1) is 5.56 Å². The summed E-state index contributed by atoms with van der Waals surface area (Å²) in [6.07, 6.45) is 2.12. The van der Waals surface area contributed by atoms with Crippen LogP contribution in [0, 0.1) is 5.92 Å². The summed E-state index contributed by atoms with van der Waals surface area (Å²) < 4.78 is 2.12. The maximum atomic E-state index is 9.85. The maximum absolute atomic E-state index is 9.85. The van der Waals surface area contributed by atoms with E-state index in [1.54, 1.807) is 6.07 Å². The SMILES string of the molecule is CC1CCn2c(nnc2-c2ccccc2O)C1. The molecule has 1 aliphatic rings. The quantitative estimate of drug-likeness (QED) is 0.815. The van der Waals surface area contributed by atoms with Gasteiger partial charge in [-0.15, -0.1) is 10.2 Å². The number of aromatic nitrogens is 3. The largest absolute Gasteiger partial charge is 0.507 e. The highest BCUT2D eigenvalue weighted by molar-refractivity contribution is 5.63. The third-order valence-electron chi connectivity index (χ3n) is 3.35. The van der Waals surface area contributed by atoms with Crippen molar-refractivity contribution in [2.24, 2.45) is 5.92 Å². The third kappa shape index (κ3) is 1.69. The van der Waals surface area contributed by atoms with Crippen LogP contribution in [-0.2, 0) is 13.0 Å². The van der Waals surface area contributed by atoms with E-state index in [2.05, 4.69) is 21.7 Å². The molecular weight excluding hydrogens is 214 g/mol. The minimum Gasteiger partial charge on any atom is -0.507 e. The molecule has 88 valence electrons. The number of benzene rings is 1. The molecule has 1 N–H and O–H groups in total.